The molecular formula is C15H19F3N2O. The fourth-order valence-electron chi connectivity index (χ4n) is 1.98. The molecule has 0 aliphatic heterocycles. The summed E-state index contributed by atoms with van der Waals surface area (Å²) >= 11 is 0. The molecule has 0 saturated carbocycles. The van der Waals surface area contributed by atoms with Crippen LogP contribution in [0.2, 0.25) is 0 Å². The Balaban J connectivity index is 3.27. The molecule has 6 heteroatoms. The molecule has 0 unspecified atom stereocenters. The van der Waals surface area contributed by atoms with Crippen LogP contribution in [-0.4, -0.2) is 19.0 Å². The minimum atomic E-state index is -4.44. The summed E-state index contributed by atoms with van der Waals surface area (Å²) in [6, 6.07) is 3.38. The van der Waals surface area contributed by atoms with Gasteiger partial charge in [-0.1, -0.05) is 6.08 Å². The van der Waals surface area contributed by atoms with Crippen molar-refractivity contribution in [3.63, 3.8) is 0 Å². The number of nitrogens with zero attached hydrogens (tertiary/aromatic N) is 1. The first-order chi connectivity index (χ1) is 9.83. The lowest BCUT2D eigenvalue weighted by atomic mass is 10.1. The fourth-order valence-corrected chi connectivity index (χ4v) is 1.98. The third-order valence-corrected chi connectivity index (χ3v) is 3.00. The lowest BCUT2D eigenvalue weighted by Gasteiger charge is -2.25. The Hall–Kier alpha value is -1.98. The number of benzene rings is 1. The molecule has 0 radical (unpaired) electrons. The number of hydrogen-bond donors (Lipinski definition) is 1. The van der Waals surface area contributed by atoms with Gasteiger partial charge < -0.3 is 10.2 Å². The highest BCUT2D eigenvalue weighted by Gasteiger charge is 2.31. The van der Waals surface area contributed by atoms with Gasteiger partial charge >= 0.3 is 6.18 Å². The number of rotatable bonds is 5. The number of carbonyl (C=O) groups excluding carboxylic acids is 1. The van der Waals surface area contributed by atoms with Crippen LogP contribution in [0.1, 0.15) is 26.3 Å². The maximum atomic E-state index is 12.8. The summed E-state index contributed by atoms with van der Waals surface area (Å²) in [6.45, 7) is 6.73. The first-order valence-electron chi connectivity index (χ1n) is 6.73. The first-order valence-corrected chi connectivity index (χ1v) is 6.73. The van der Waals surface area contributed by atoms with Crippen LogP contribution in [0.5, 0.6) is 0 Å². The Morgan fingerprint density at radius 3 is 2.38 bits per heavy atom. The van der Waals surface area contributed by atoms with Crippen molar-refractivity contribution in [1.82, 2.24) is 0 Å². The molecule has 0 atom stereocenters. The van der Waals surface area contributed by atoms with Gasteiger partial charge in [0.05, 0.1) is 16.9 Å². The van der Waals surface area contributed by atoms with Crippen molar-refractivity contribution in [2.24, 2.45) is 0 Å². The Morgan fingerprint density at radius 2 is 1.90 bits per heavy atom. The largest absolute Gasteiger partial charge is 0.416 e. The second kappa shape index (κ2) is 7.15. The van der Waals surface area contributed by atoms with Crippen LogP contribution < -0.4 is 10.2 Å². The standard InChI is InChI=1S/C15H19F3N2O/c1-4-7-14(21)19-12-10-11(15(16,17)18)8-9-13(12)20(5-2)6-3/h4,7-10H,5-6H2,1-3H3,(H,19,21)/b7-4-. The second-order valence-electron chi connectivity index (χ2n) is 4.39. The number of hydrogen-bond acceptors (Lipinski definition) is 2. The van der Waals surface area contributed by atoms with E-state index in [2.05, 4.69) is 5.32 Å². The SMILES string of the molecule is C/C=C\C(=O)Nc1cc(C(F)(F)F)ccc1N(CC)CC. The van der Waals surface area contributed by atoms with Gasteiger partial charge in [-0.25, -0.2) is 0 Å². The molecule has 1 aromatic rings. The summed E-state index contributed by atoms with van der Waals surface area (Å²) < 4.78 is 38.4. The van der Waals surface area contributed by atoms with Gasteiger partial charge in [-0.05, 0) is 45.0 Å². The van der Waals surface area contributed by atoms with Crippen molar-refractivity contribution < 1.29 is 18.0 Å². The average Bonchev–Trinajstić information content (AvgIpc) is 2.40. The number of halogens is 3. The van der Waals surface area contributed by atoms with Crippen LogP contribution in [0.3, 0.4) is 0 Å². The molecular weight excluding hydrogens is 281 g/mol. The Morgan fingerprint density at radius 1 is 1.29 bits per heavy atom. The summed E-state index contributed by atoms with van der Waals surface area (Å²) in [4.78, 5) is 13.5. The lowest BCUT2D eigenvalue weighted by molar-refractivity contribution is -0.137. The molecule has 0 aromatic heterocycles. The van der Waals surface area contributed by atoms with Gasteiger partial charge in [-0.15, -0.1) is 0 Å². The van der Waals surface area contributed by atoms with E-state index in [9.17, 15) is 18.0 Å². The van der Waals surface area contributed by atoms with E-state index in [0.29, 0.717) is 18.8 Å². The van der Waals surface area contributed by atoms with Crippen LogP contribution in [0.15, 0.2) is 30.4 Å². The molecule has 1 aromatic carbocycles. The summed E-state index contributed by atoms with van der Waals surface area (Å²) in [5, 5.41) is 2.51. The van der Waals surface area contributed by atoms with Crippen molar-refractivity contribution in [3.05, 3.63) is 35.9 Å². The van der Waals surface area contributed by atoms with Crippen LogP contribution in [0.25, 0.3) is 0 Å². The maximum absolute atomic E-state index is 12.8. The fraction of sp³-hybridized carbons (Fsp3) is 0.400. The maximum Gasteiger partial charge on any atom is 0.416 e. The van der Waals surface area contributed by atoms with E-state index in [1.807, 2.05) is 18.7 Å². The minimum absolute atomic E-state index is 0.164. The molecule has 21 heavy (non-hydrogen) atoms. The summed E-state index contributed by atoms with van der Waals surface area (Å²) in [6.07, 6.45) is -1.64. The molecule has 0 saturated heterocycles. The van der Waals surface area contributed by atoms with Crippen LogP contribution in [0, 0.1) is 0 Å². The quantitative estimate of drug-likeness (QED) is 0.831. The highest BCUT2D eigenvalue weighted by molar-refractivity contribution is 6.01. The predicted octanol–water partition coefficient (Wildman–Crippen LogP) is 4.07. The summed E-state index contributed by atoms with van der Waals surface area (Å²) in [5.41, 5.74) is -0.0448. The molecule has 3 nitrogen and oxygen atoms in total. The highest BCUT2D eigenvalue weighted by Crippen LogP contribution is 2.35. The van der Waals surface area contributed by atoms with Crippen molar-refractivity contribution in [2.75, 3.05) is 23.3 Å². The lowest BCUT2D eigenvalue weighted by Crippen LogP contribution is -2.24. The number of amides is 1. The van der Waals surface area contributed by atoms with Gasteiger partial charge in [-0.3, -0.25) is 4.79 Å². The number of anilines is 2. The first kappa shape index (κ1) is 17.1. The van der Waals surface area contributed by atoms with Gasteiger partial charge in [0, 0.05) is 13.1 Å². The predicted molar refractivity (Wildman–Crippen MR) is 78.4 cm³/mol. The van der Waals surface area contributed by atoms with E-state index in [1.54, 1.807) is 6.92 Å². The van der Waals surface area contributed by atoms with E-state index in [-0.39, 0.29) is 5.69 Å². The molecule has 0 spiro atoms. The zero-order valence-corrected chi connectivity index (χ0v) is 12.3. The number of allylic oxidation sites excluding steroid dienone is 1. The highest BCUT2D eigenvalue weighted by atomic mass is 19.4. The van der Waals surface area contributed by atoms with E-state index in [4.69, 9.17) is 0 Å². The van der Waals surface area contributed by atoms with Gasteiger partial charge in [-0.2, -0.15) is 13.2 Å². The normalized spacial score (nSPS) is 11.7. The van der Waals surface area contributed by atoms with Crippen molar-refractivity contribution >= 4 is 17.3 Å². The molecule has 0 heterocycles. The van der Waals surface area contributed by atoms with Crippen molar-refractivity contribution in [2.45, 2.75) is 26.9 Å². The van der Waals surface area contributed by atoms with Gasteiger partial charge in [0.2, 0.25) is 5.91 Å². The van der Waals surface area contributed by atoms with Gasteiger partial charge in [0.1, 0.15) is 0 Å². The number of alkyl halides is 3. The van der Waals surface area contributed by atoms with Gasteiger partial charge in [0.15, 0.2) is 0 Å². The molecule has 0 aliphatic rings. The monoisotopic (exact) mass is 300 g/mol. The molecule has 1 N–H and O–H groups in total. The molecule has 0 bridgehead atoms. The van der Waals surface area contributed by atoms with E-state index < -0.39 is 17.6 Å². The third kappa shape index (κ3) is 4.51. The zero-order chi connectivity index (χ0) is 16.0. The third-order valence-electron chi connectivity index (χ3n) is 3.00. The molecule has 116 valence electrons. The van der Waals surface area contributed by atoms with Crippen molar-refractivity contribution in [3.8, 4) is 0 Å². The average molecular weight is 300 g/mol. The number of nitrogens with one attached hydrogen (secondary N) is 1. The second-order valence-corrected chi connectivity index (χ2v) is 4.39. The Kier molecular flexibility index (Phi) is 5.81. The van der Waals surface area contributed by atoms with Crippen molar-refractivity contribution in [1.29, 1.82) is 0 Å². The van der Waals surface area contributed by atoms with E-state index in [0.717, 1.165) is 12.1 Å². The number of carbonyl (C=O) groups is 1. The molecule has 0 aliphatic carbocycles. The summed E-state index contributed by atoms with van der Waals surface area (Å²) in [5.74, 6) is -0.453. The smallest absolute Gasteiger partial charge is 0.370 e. The van der Waals surface area contributed by atoms with E-state index in [1.165, 1.54) is 18.2 Å². The zero-order valence-electron chi connectivity index (χ0n) is 12.3. The van der Waals surface area contributed by atoms with E-state index >= 15 is 0 Å². The molecule has 0 fully saturated rings. The van der Waals surface area contributed by atoms with Gasteiger partial charge in [0.25, 0.3) is 0 Å². The minimum Gasteiger partial charge on any atom is -0.370 e. The summed E-state index contributed by atoms with van der Waals surface area (Å²) in [7, 11) is 0. The van der Waals surface area contributed by atoms with Crippen LogP contribution in [-0.2, 0) is 11.0 Å². The molecule has 1 amide bonds. The molecule has 1 rings (SSSR count). The Labute approximate surface area is 122 Å². The topological polar surface area (TPSA) is 32.3 Å². The van der Waals surface area contributed by atoms with Crippen LogP contribution >= 0.6 is 0 Å². The van der Waals surface area contributed by atoms with Crippen LogP contribution in [0.4, 0.5) is 24.5 Å². The Bertz CT molecular complexity index is 520.